The van der Waals surface area contributed by atoms with Crippen LogP contribution in [0.5, 0.6) is 0 Å². The highest BCUT2D eigenvalue weighted by Crippen LogP contribution is 2.16. The van der Waals surface area contributed by atoms with Crippen LogP contribution in [0.2, 0.25) is 0 Å². The fraction of sp³-hybridized carbons (Fsp3) is 0.600. The number of nitrogens with zero attached hydrogens (tertiary/aromatic N) is 1. The molecule has 0 radical (unpaired) electrons. The SMILES string of the molecule is CC1CCCCCN1CCNc1ccccc1F. The summed E-state index contributed by atoms with van der Waals surface area (Å²) in [7, 11) is 0. The van der Waals surface area contributed by atoms with E-state index in [1.807, 2.05) is 6.07 Å². The van der Waals surface area contributed by atoms with Gasteiger partial charge in [0.2, 0.25) is 0 Å². The van der Waals surface area contributed by atoms with Gasteiger partial charge in [-0.2, -0.15) is 0 Å². The molecule has 1 aliphatic heterocycles. The maximum atomic E-state index is 13.4. The summed E-state index contributed by atoms with van der Waals surface area (Å²) < 4.78 is 13.4. The van der Waals surface area contributed by atoms with Crippen LogP contribution in [-0.4, -0.2) is 30.6 Å². The molecule has 0 saturated carbocycles. The first kappa shape index (κ1) is 13.3. The summed E-state index contributed by atoms with van der Waals surface area (Å²) in [5, 5.41) is 3.18. The molecule has 100 valence electrons. The van der Waals surface area contributed by atoms with Gasteiger partial charge in [-0.15, -0.1) is 0 Å². The van der Waals surface area contributed by atoms with Crippen LogP contribution in [0.4, 0.5) is 10.1 Å². The Kier molecular flexibility index (Phi) is 5.00. The molecule has 1 N–H and O–H groups in total. The van der Waals surface area contributed by atoms with Crippen molar-refractivity contribution in [3.63, 3.8) is 0 Å². The molecule has 2 rings (SSSR count). The summed E-state index contributed by atoms with van der Waals surface area (Å²) in [6.07, 6.45) is 5.28. The number of nitrogens with one attached hydrogen (secondary N) is 1. The zero-order valence-corrected chi connectivity index (χ0v) is 11.2. The lowest BCUT2D eigenvalue weighted by atomic mass is 10.1. The minimum absolute atomic E-state index is 0.165. The number of para-hydroxylation sites is 1. The lowest BCUT2D eigenvalue weighted by molar-refractivity contribution is 0.222. The van der Waals surface area contributed by atoms with E-state index in [9.17, 15) is 4.39 Å². The third kappa shape index (κ3) is 3.70. The average Bonchev–Trinajstić information content (AvgIpc) is 2.57. The van der Waals surface area contributed by atoms with Crippen LogP contribution >= 0.6 is 0 Å². The summed E-state index contributed by atoms with van der Waals surface area (Å²) in [5.41, 5.74) is 0.611. The standard InChI is InChI=1S/C15H23FN2/c1-13-7-3-2-6-11-18(13)12-10-17-15-9-5-4-8-14(15)16/h4-5,8-9,13,17H,2-3,6-7,10-12H2,1H3. The van der Waals surface area contributed by atoms with Gasteiger partial charge in [-0.25, -0.2) is 4.39 Å². The summed E-state index contributed by atoms with van der Waals surface area (Å²) in [6.45, 7) is 5.29. The van der Waals surface area contributed by atoms with Crippen LogP contribution in [0.3, 0.4) is 0 Å². The van der Waals surface area contributed by atoms with E-state index in [0.29, 0.717) is 11.7 Å². The van der Waals surface area contributed by atoms with Crippen molar-refractivity contribution in [2.24, 2.45) is 0 Å². The lowest BCUT2D eigenvalue weighted by Crippen LogP contribution is -2.36. The molecule has 1 unspecified atom stereocenters. The maximum Gasteiger partial charge on any atom is 0.146 e. The van der Waals surface area contributed by atoms with E-state index >= 15 is 0 Å². The van der Waals surface area contributed by atoms with E-state index in [0.717, 1.165) is 13.1 Å². The molecule has 1 aliphatic rings. The van der Waals surface area contributed by atoms with Crippen LogP contribution in [0.25, 0.3) is 0 Å². The van der Waals surface area contributed by atoms with Crippen molar-refractivity contribution in [1.82, 2.24) is 4.90 Å². The predicted molar refractivity (Wildman–Crippen MR) is 74.4 cm³/mol. The highest BCUT2D eigenvalue weighted by atomic mass is 19.1. The number of halogens is 1. The van der Waals surface area contributed by atoms with Crippen molar-refractivity contribution in [2.75, 3.05) is 25.0 Å². The quantitative estimate of drug-likeness (QED) is 0.879. The van der Waals surface area contributed by atoms with Gasteiger partial charge < -0.3 is 5.32 Å². The second-order valence-electron chi connectivity index (χ2n) is 5.14. The van der Waals surface area contributed by atoms with Gasteiger partial charge >= 0.3 is 0 Å². The molecule has 0 spiro atoms. The molecular weight excluding hydrogens is 227 g/mol. The normalized spacial score (nSPS) is 21.6. The Morgan fingerprint density at radius 1 is 1.28 bits per heavy atom. The predicted octanol–water partition coefficient (Wildman–Crippen LogP) is 3.50. The first-order valence-corrected chi connectivity index (χ1v) is 7.00. The molecule has 3 heteroatoms. The first-order valence-electron chi connectivity index (χ1n) is 7.00. The van der Waals surface area contributed by atoms with E-state index in [1.165, 1.54) is 38.3 Å². The zero-order valence-electron chi connectivity index (χ0n) is 11.2. The summed E-state index contributed by atoms with van der Waals surface area (Å²) in [6, 6.07) is 7.53. The number of anilines is 1. The Labute approximate surface area is 109 Å². The molecule has 2 nitrogen and oxygen atoms in total. The van der Waals surface area contributed by atoms with E-state index < -0.39 is 0 Å². The summed E-state index contributed by atoms with van der Waals surface area (Å²) in [5.74, 6) is -0.165. The van der Waals surface area contributed by atoms with Crippen molar-refractivity contribution in [3.8, 4) is 0 Å². The fourth-order valence-electron chi connectivity index (χ4n) is 2.61. The third-order valence-electron chi connectivity index (χ3n) is 3.78. The van der Waals surface area contributed by atoms with Gasteiger partial charge in [0.05, 0.1) is 5.69 Å². The lowest BCUT2D eigenvalue weighted by Gasteiger charge is -2.27. The monoisotopic (exact) mass is 250 g/mol. The molecule has 0 amide bonds. The Morgan fingerprint density at radius 3 is 2.94 bits per heavy atom. The molecule has 18 heavy (non-hydrogen) atoms. The van der Waals surface area contributed by atoms with Gasteiger partial charge in [-0.05, 0) is 38.4 Å². The van der Waals surface area contributed by atoms with E-state index in [1.54, 1.807) is 12.1 Å². The number of rotatable bonds is 4. The smallest absolute Gasteiger partial charge is 0.146 e. The minimum Gasteiger partial charge on any atom is -0.381 e. The molecule has 1 atom stereocenters. The zero-order chi connectivity index (χ0) is 12.8. The van der Waals surface area contributed by atoms with Crippen molar-refractivity contribution >= 4 is 5.69 Å². The van der Waals surface area contributed by atoms with Crippen LogP contribution in [0, 0.1) is 5.82 Å². The van der Waals surface area contributed by atoms with Crippen molar-refractivity contribution < 1.29 is 4.39 Å². The molecule has 1 aromatic rings. The molecule has 1 aromatic carbocycles. The second kappa shape index (κ2) is 6.74. The number of likely N-dealkylation sites (tertiary alicyclic amines) is 1. The largest absolute Gasteiger partial charge is 0.381 e. The van der Waals surface area contributed by atoms with Crippen molar-refractivity contribution in [1.29, 1.82) is 0 Å². The number of benzene rings is 1. The van der Waals surface area contributed by atoms with Gasteiger partial charge in [0.25, 0.3) is 0 Å². The van der Waals surface area contributed by atoms with Gasteiger partial charge in [0.15, 0.2) is 0 Å². The molecule has 0 aliphatic carbocycles. The average molecular weight is 250 g/mol. The maximum absolute atomic E-state index is 13.4. The number of hydrogen-bond donors (Lipinski definition) is 1. The Balaban J connectivity index is 1.79. The van der Waals surface area contributed by atoms with Crippen LogP contribution < -0.4 is 5.32 Å². The van der Waals surface area contributed by atoms with E-state index in [2.05, 4.69) is 17.1 Å². The summed E-state index contributed by atoms with van der Waals surface area (Å²) in [4.78, 5) is 2.51. The minimum atomic E-state index is -0.165. The van der Waals surface area contributed by atoms with Crippen molar-refractivity contribution in [3.05, 3.63) is 30.1 Å². The van der Waals surface area contributed by atoms with Gasteiger partial charge in [-0.3, -0.25) is 4.90 Å². The third-order valence-corrected chi connectivity index (χ3v) is 3.78. The molecular formula is C15H23FN2. The molecule has 1 saturated heterocycles. The van der Waals surface area contributed by atoms with Crippen LogP contribution in [0.1, 0.15) is 32.6 Å². The van der Waals surface area contributed by atoms with Crippen LogP contribution in [0.15, 0.2) is 24.3 Å². The molecule has 0 aromatic heterocycles. The van der Waals surface area contributed by atoms with Gasteiger partial charge in [0.1, 0.15) is 5.82 Å². The van der Waals surface area contributed by atoms with Crippen LogP contribution in [-0.2, 0) is 0 Å². The Morgan fingerprint density at radius 2 is 2.11 bits per heavy atom. The Hall–Kier alpha value is -1.09. The van der Waals surface area contributed by atoms with Gasteiger partial charge in [0, 0.05) is 19.1 Å². The molecule has 1 fully saturated rings. The topological polar surface area (TPSA) is 15.3 Å². The second-order valence-corrected chi connectivity index (χ2v) is 5.14. The molecule has 0 bridgehead atoms. The number of hydrogen-bond acceptors (Lipinski definition) is 2. The first-order chi connectivity index (χ1) is 8.77. The fourth-order valence-corrected chi connectivity index (χ4v) is 2.61. The highest BCUT2D eigenvalue weighted by Gasteiger charge is 2.15. The van der Waals surface area contributed by atoms with E-state index in [4.69, 9.17) is 0 Å². The highest BCUT2D eigenvalue weighted by molar-refractivity contribution is 5.44. The Bertz CT molecular complexity index is 367. The summed E-state index contributed by atoms with van der Waals surface area (Å²) >= 11 is 0. The van der Waals surface area contributed by atoms with Gasteiger partial charge in [-0.1, -0.05) is 25.0 Å². The molecule has 1 heterocycles. The van der Waals surface area contributed by atoms with Crippen molar-refractivity contribution in [2.45, 2.75) is 38.6 Å². The van der Waals surface area contributed by atoms with E-state index in [-0.39, 0.29) is 5.82 Å².